The molecule has 38 heavy (non-hydrogen) atoms. The first kappa shape index (κ1) is 26.6. The van der Waals surface area contributed by atoms with E-state index in [2.05, 4.69) is 39.2 Å². The molecule has 0 spiro atoms. The Kier molecular flexibility index (Phi) is 8.55. The fraction of sp³-hybridized carbons (Fsp3) is 0.467. The Morgan fingerprint density at radius 2 is 1.84 bits per heavy atom. The van der Waals surface area contributed by atoms with E-state index in [-0.39, 0.29) is 11.9 Å². The molecule has 1 atom stereocenters. The first-order valence-electron chi connectivity index (χ1n) is 13.7. The first-order valence-corrected chi connectivity index (χ1v) is 14.1. The van der Waals surface area contributed by atoms with Gasteiger partial charge in [-0.15, -0.1) is 0 Å². The molecule has 5 rings (SSSR count). The number of hydrogen-bond donors (Lipinski definition) is 0. The molecule has 202 valence electrons. The molecule has 0 bridgehead atoms. The topological polar surface area (TPSA) is 53.8 Å². The summed E-state index contributed by atoms with van der Waals surface area (Å²) in [6.07, 6.45) is 4.06. The third kappa shape index (κ3) is 6.51. The highest BCUT2D eigenvalue weighted by Gasteiger charge is 2.29. The van der Waals surface area contributed by atoms with Gasteiger partial charge in [0.05, 0.1) is 12.3 Å². The fourth-order valence-corrected chi connectivity index (χ4v) is 5.85. The van der Waals surface area contributed by atoms with E-state index in [1.54, 1.807) is 4.68 Å². The lowest BCUT2D eigenvalue weighted by Gasteiger charge is -2.36. The number of amides is 1. The number of carbonyl (C=O) groups excluding carboxylic acids is 1. The summed E-state index contributed by atoms with van der Waals surface area (Å²) in [6, 6.07) is 18.6. The van der Waals surface area contributed by atoms with Gasteiger partial charge in [-0.3, -0.25) is 14.4 Å². The number of piperazine rings is 1. The van der Waals surface area contributed by atoms with E-state index in [1.807, 2.05) is 49.2 Å². The molecule has 2 aromatic carbocycles. The Labute approximate surface area is 230 Å². The second kappa shape index (κ2) is 12.2. The second-order valence-electron chi connectivity index (χ2n) is 10.5. The molecule has 2 saturated heterocycles. The Bertz CT molecular complexity index is 1240. The van der Waals surface area contributed by atoms with Crippen LogP contribution in [0.1, 0.15) is 47.4 Å². The average Bonchev–Trinajstić information content (AvgIpc) is 3.27. The second-order valence-corrected chi connectivity index (χ2v) is 10.9. The minimum Gasteiger partial charge on any atom is -0.494 e. The fourth-order valence-electron chi connectivity index (χ4n) is 5.67. The molecular weight excluding hydrogens is 498 g/mol. The maximum Gasteiger partial charge on any atom is 0.272 e. The van der Waals surface area contributed by atoms with Crippen LogP contribution in [0.2, 0.25) is 5.02 Å². The Hall–Kier alpha value is -3.03. The van der Waals surface area contributed by atoms with Crippen molar-refractivity contribution in [2.75, 3.05) is 44.2 Å². The quantitative estimate of drug-likeness (QED) is 0.398. The van der Waals surface area contributed by atoms with Crippen LogP contribution in [0.4, 0.5) is 5.69 Å². The van der Waals surface area contributed by atoms with Crippen LogP contribution in [0.15, 0.2) is 54.6 Å². The van der Waals surface area contributed by atoms with Crippen molar-refractivity contribution in [2.24, 2.45) is 7.05 Å². The van der Waals surface area contributed by atoms with Gasteiger partial charge in [-0.1, -0.05) is 29.8 Å². The van der Waals surface area contributed by atoms with E-state index < -0.39 is 0 Å². The summed E-state index contributed by atoms with van der Waals surface area (Å²) in [6.45, 7) is 8.24. The van der Waals surface area contributed by atoms with Crippen LogP contribution >= 0.6 is 11.6 Å². The summed E-state index contributed by atoms with van der Waals surface area (Å²) >= 11 is 6.18. The van der Waals surface area contributed by atoms with Crippen molar-refractivity contribution in [3.8, 4) is 5.75 Å². The third-order valence-corrected chi connectivity index (χ3v) is 7.91. The van der Waals surface area contributed by atoms with Gasteiger partial charge >= 0.3 is 0 Å². The zero-order valence-corrected chi connectivity index (χ0v) is 23.2. The monoisotopic (exact) mass is 535 g/mol. The van der Waals surface area contributed by atoms with E-state index in [1.165, 1.54) is 11.3 Å². The highest BCUT2D eigenvalue weighted by molar-refractivity contribution is 6.30. The molecule has 0 N–H and O–H groups in total. The van der Waals surface area contributed by atoms with Gasteiger partial charge in [-0.25, -0.2) is 0 Å². The number of piperidine rings is 1. The van der Waals surface area contributed by atoms with Crippen molar-refractivity contribution in [3.63, 3.8) is 0 Å². The average molecular weight is 536 g/mol. The van der Waals surface area contributed by atoms with Crippen molar-refractivity contribution < 1.29 is 9.53 Å². The highest BCUT2D eigenvalue weighted by atomic mass is 35.5. The van der Waals surface area contributed by atoms with Gasteiger partial charge in [0, 0.05) is 69.5 Å². The predicted octanol–water partition coefficient (Wildman–Crippen LogP) is 5.17. The van der Waals surface area contributed by atoms with Gasteiger partial charge < -0.3 is 14.5 Å². The summed E-state index contributed by atoms with van der Waals surface area (Å²) in [5.74, 6) is 0.978. The molecule has 0 saturated carbocycles. The van der Waals surface area contributed by atoms with Crippen molar-refractivity contribution in [3.05, 3.63) is 76.6 Å². The molecule has 0 aliphatic carbocycles. The minimum atomic E-state index is 0.0789. The van der Waals surface area contributed by atoms with Gasteiger partial charge in [0.15, 0.2) is 0 Å². The zero-order valence-electron chi connectivity index (χ0n) is 22.5. The van der Waals surface area contributed by atoms with Crippen LogP contribution in [0.25, 0.3) is 0 Å². The summed E-state index contributed by atoms with van der Waals surface area (Å²) < 4.78 is 7.89. The molecule has 7 nitrogen and oxygen atoms in total. The van der Waals surface area contributed by atoms with Crippen LogP contribution in [0, 0.1) is 6.92 Å². The van der Waals surface area contributed by atoms with Crippen LogP contribution in [0.3, 0.4) is 0 Å². The number of nitrogens with zero attached hydrogens (tertiary/aromatic N) is 5. The third-order valence-electron chi connectivity index (χ3n) is 7.68. The normalized spacial score (nSPS) is 18.6. The van der Waals surface area contributed by atoms with Gasteiger partial charge in [0.25, 0.3) is 5.91 Å². The predicted molar refractivity (Wildman–Crippen MR) is 152 cm³/mol. The molecular formula is C30H38ClN5O2. The number of likely N-dealkylation sites (tertiary alicyclic amines) is 1. The van der Waals surface area contributed by atoms with Crippen molar-refractivity contribution in [1.29, 1.82) is 0 Å². The van der Waals surface area contributed by atoms with Crippen molar-refractivity contribution >= 4 is 23.2 Å². The minimum absolute atomic E-state index is 0.0789. The lowest BCUT2D eigenvalue weighted by molar-refractivity contribution is 0.0569. The number of ether oxygens (including phenoxy) is 1. The van der Waals surface area contributed by atoms with E-state index >= 15 is 0 Å². The Morgan fingerprint density at radius 3 is 2.61 bits per heavy atom. The van der Waals surface area contributed by atoms with Gasteiger partial charge in [-0.05, 0) is 68.1 Å². The maximum atomic E-state index is 13.2. The molecule has 3 aromatic rings. The molecule has 0 radical (unpaired) electrons. The molecule has 2 aliphatic rings. The Balaban J connectivity index is 1.11. The van der Waals surface area contributed by atoms with Crippen LogP contribution in [0.5, 0.6) is 5.75 Å². The van der Waals surface area contributed by atoms with E-state index in [0.29, 0.717) is 12.3 Å². The lowest BCUT2D eigenvalue weighted by Crippen LogP contribution is -2.45. The SMILES string of the molecule is Cc1cc(C(=O)N2CCCCC2CCOc2cccc(CN3CCN(c4cccc(Cl)c4)CC3)c2)n(C)n1. The summed E-state index contributed by atoms with van der Waals surface area (Å²) in [4.78, 5) is 20.2. The van der Waals surface area contributed by atoms with Crippen molar-refractivity contribution in [1.82, 2.24) is 19.6 Å². The Morgan fingerprint density at radius 1 is 1.03 bits per heavy atom. The zero-order chi connectivity index (χ0) is 26.5. The standard InChI is InChI=1S/C30H38ClN5O2/c1-23-19-29(33(2)32-23)30(37)36-13-4-3-9-26(36)12-18-38-28-11-5-7-24(20-28)22-34-14-16-35(17-15-34)27-10-6-8-25(31)21-27/h5-8,10-11,19-21,26H,3-4,9,12-18,22H2,1-2H3. The molecule has 2 fully saturated rings. The number of aryl methyl sites for hydroxylation is 2. The molecule has 1 aromatic heterocycles. The smallest absolute Gasteiger partial charge is 0.272 e. The van der Waals surface area contributed by atoms with Gasteiger partial charge in [0.1, 0.15) is 11.4 Å². The molecule has 8 heteroatoms. The molecule has 1 amide bonds. The first-order chi connectivity index (χ1) is 18.5. The van der Waals surface area contributed by atoms with E-state index in [0.717, 1.165) is 81.4 Å². The number of hydrogen-bond acceptors (Lipinski definition) is 5. The highest BCUT2D eigenvalue weighted by Crippen LogP contribution is 2.24. The van der Waals surface area contributed by atoms with Gasteiger partial charge in [-0.2, -0.15) is 5.10 Å². The molecule has 3 heterocycles. The van der Waals surface area contributed by atoms with Crippen LogP contribution in [-0.4, -0.2) is 70.9 Å². The van der Waals surface area contributed by atoms with Crippen molar-refractivity contribution in [2.45, 2.75) is 45.2 Å². The number of anilines is 1. The largest absolute Gasteiger partial charge is 0.494 e. The number of halogens is 1. The maximum absolute atomic E-state index is 13.2. The van der Waals surface area contributed by atoms with Crippen LogP contribution < -0.4 is 9.64 Å². The number of rotatable bonds is 8. The number of carbonyl (C=O) groups is 1. The molecule has 1 unspecified atom stereocenters. The number of benzene rings is 2. The lowest BCUT2D eigenvalue weighted by atomic mass is 9.99. The molecule has 2 aliphatic heterocycles. The summed E-state index contributed by atoms with van der Waals surface area (Å²) in [5, 5.41) is 5.14. The summed E-state index contributed by atoms with van der Waals surface area (Å²) in [7, 11) is 1.84. The van der Waals surface area contributed by atoms with Gasteiger partial charge in [0.2, 0.25) is 0 Å². The summed E-state index contributed by atoms with van der Waals surface area (Å²) in [5.41, 5.74) is 3.99. The van der Waals surface area contributed by atoms with Crippen LogP contribution in [-0.2, 0) is 13.6 Å². The number of aromatic nitrogens is 2. The van der Waals surface area contributed by atoms with E-state index in [9.17, 15) is 4.79 Å². The van der Waals surface area contributed by atoms with E-state index in [4.69, 9.17) is 16.3 Å².